The number of alkyl halides is 8. The Morgan fingerprint density at radius 2 is 1.69 bits per heavy atom. The van der Waals surface area contributed by atoms with Gasteiger partial charge in [0.15, 0.2) is 18.2 Å². The molecule has 1 aliphatic rings. The smallest absolute Gasteiger partial charge is 0.460 e. The zero-order chi connectivity index (χ0) is 39.0. The zero-order valence-electron chi connectivity index (χ0n) is 27.7. The summed E-state index contributed by atoms with van der Waals surface area (Å²) < 4.78 is 125. The van der Waals surface area contributed by atoms with E-state index in [4.69, 9.17) is 25.8 Å². The van der Waals surface area contributed by atoms with Crippen LogP contribution in [0.2, 0.25) is 5.02 Å². The van der Waals surface area contributed by atoms with Crippen molar-refractivity contribution < 1.29 is 63.7 Å². The lowest BCUT2D eigenvalue weighted by Gasteiger charge is -2.27. The lowest BCUT2D eigenvalue weighted by molar-refractivity contribution is -0.292. The van der Waals surface area contributed by atoms with Crippen LogP contribution in [0.25, 0.3) is 16.9 Å². The summed E-state index contributed by atoms with van der Waals surface area (Å²) in [5.41, 5.74) is -7.26. The molecule has 1 amide bonds. The normalized spacial score (nSPS) is 14.4. The number of nitriles is 1. The second kappa shape index (κ2) is 14.2. The average molecular weight is 769 g/mol. The van der Waals surface area contributed by atoms with Gasteiger partial charge in [0.2, 0.25) is 0 Å². The third-order valence-corrected chi connectivity index (χ3v) is 7.78. The maximum absolute atomic E-state index is 14.2. The fourth-order valence-corrected chi connectivity index (χ4v) is 5.05. The quantitative estimate of drug-likeness (QED) is 0.0849. The number of rotatable bonds is 11. The van der Waals surface area contributed by atoms with Crippen molar-refractivity contribution in [1.82, 2.24) is 24.5 Å². The minimum Gasteiger partial charge on any atom is -0.460 e. The number of nitrogens with zero attached hydrogens (tertiary/aromatic N) is 6. The molecular weight excluding hydrogens is 740 g/mol. The SMILES string of the molecule is Cn1nc(C(F)(F)C(F)(F)F)c(C(F)(F)F)c1-n1cc(-c2ccc(Cl)c(C(=O)N(COC(=O)OCCCC(=O)OC(C)(C)C)C3(C#N)CC3)c2)cn1. The highest BCUT2D eigenvalue weighted by Crippen LogP contribution is 2.49. The second-order valence-electron chi connectivity index (χ2n) is 12.5. The molecule has 2 aromatic heterocycles. The molecule has 1 aliphatic carbocycles. The topological polar surface area (TPSA) is 142 Å². The second-order valence-corrected chi connectivity index (χ2v) is 13.0. The standard InChI is InChI=1S/C31H29ClF8N6O6/c1-27(2,3)52-21(47)6-5-11-50-26(49)51-16-45(28(15-41)9-10-28)25(48)19-12-17(7-8-20(19)32)18-13-42-46(14-18)24-22(30(35,36)37)23(43-44(24)4)29(33,34)31(38,39)40/h7-8,12-14H,5-6,9-11,16H2,1-4H3. The molecule has 0 radical (unpaired) electrons. The van der Waals surface area contributed by atoms with Crippen molar-refractivity contribution in [3.63, 3.8) is 0 Å². The fraction of sp³-hybridized carbons (Fsp3) is 0.484. The third-order valence-electron chi connectivity index (χ3n) is 7.45. The van der Waals surface area contributed by atoms with E-state index in [1.165, 1.54) is 18.2 Å². The predicted molar refractivity (Wildman–Crippen MR) is 162 cm³/mol. The number of carbonyl (C=O) groups excluding carboxylic acids is 3. The van der Waals surface area contributed by atoms with Crippen molar-refractivity contribution in [3.8, 4) is 23.0 Å². The minimum absolute atomic E-state index is 0.0386. The molecule has 1 saturated carbocycles. The highest BCUT2D eigenvalue weighted by molar-refractivity contribution is 6.34. The summed E-state index contributed by atoms with van der Waals surface area (Å²) in [6.45, 7) is 4.07. The molecule has 4 rings (SSSR count). The van der Waals surface area contributed by atoms with Gasteiger partial charge in [-0.1, -0.05) is 17.7 Å². The van der Waals surface area contributed by atoms with Crippen LogP contribution in [0, 0.1) is 11.3 Å². The molecule has 0 spiro atoms. The van der Waals surface area contributed by atoms with Crippen LogP contribution in [-0.2, 0) is 38.2 Å². The molecule has 3 aromatic rings. The molecule has 0 atom stereocenters. The highest BCUT2D eigenvalue weighted by Gasteiger charge is 2.64. The van der Waals surface area contributed by atoms with Crippen LogP contribution in [-0.4, -0.2) is 73.1 Å². The number of esters is 1. The lowest BCUT2D eigenvalue weighted by Crippen LogP contribution is -2.43. The number of aryl methyl sites for hydroxylation is 1. The number of hydrogen-bond acceptors (Lipinski definition) is 9. The number of hydrogen-bond donors (Lipinski definition) is 0. The van der Waals surface area contributed by atoms with Crippen LogP contribution in [0.1, 0.15) is 68.1 Å². The third kappa shape index (κ3) is 8.57. The number of aromatic nitrogens is 4. The lowest BCUT2D eigenvalue weighted by atomic mass is 10.0. The van der Waals surface area contributed by atoms with E-state index in [0.29, 0.717) is 4.68 Å². The van der Waals surface area contributed by atoms with Gasteiger partial charge >= 0.3 is 30.4 Å². The molecule has 21 heteroatoms. The molecule has 1 aromatic carbocycles. The van der Waals surface area contributed by atoms with Crippen LogP contribution in [0.5, 0.6) is 0 Å². The van der Waals surface area contributed by atoms with E-state index in [9.17, 15) is 54.8 Å². The van der Waals surface area contributed by atoms with Crippen LogP contribution < -0.4 is 0 Å². The summed E-state index contributed by atoms with van der Waals surface area (Å²) in [6, 6.07) is 5.68. The highest BCUT2D eigenvalue weighted by atomic mass is 35.5. The summed E-state index contributed by atoms with van der Waals surface area (Å²) >= 11 is 6.30. The summed E-state index contributed by atoms with van der Waals surface area (Å²) in [5, 5.41) is 16.2. The summed E-state index contributed by atoms with van der Waals surface area (Å²) in [5.74, 6) is -8.64. The van der Waals surface area contributed by atoms with Crippen molar-refractivity contribution in [3.05, 3.63) is 52.4 Å². The first-order valence-corrected chi connectivity index (χ1v) is 15.5. The zero-order valence-corrected chi connectivity index (χ0v) is 28.4. The van der Waals surface area contributed by atoms with E-state index in [1.54, 1.807) is 20.8 Å². The van der Waals surface area contributed by atoms with E-state index in [1.807, 2.05) is 6.07 Å². The largest absolute Gasteiger partial charge is 0.510 e. The van der Waals surface area contributed by atoms with Crippen molar-refractivity contribution in [1.29, 1.82) is 5.26 Å². The summed E-state index contributed by atoms with van der Waals surface area (Å²) in [4.78, 5) is 38.8. The molecule has 0 aliphatic heterocycles. The average Bonchev–Trinajstić information content (AvgIpc) is 3.49. The van der Waals surface area contributed by atoms with Gasteiger partial charge in [0, 0.05) is 25.2 Å². The maximum Gasteiger partial charge on any atom is 0.510 e. The molecule has 282 valence electrons. The fourth-order valence-electron chi connectivity index (χ4n) is 4.86. The van der Waals surface area contributed by atoms with Crippen molar-refractivity contribution in [2.75, 3.05) is 13.3 Å². The first-order chi connectivity index (χ1) is 23.9. The number of benzene rings is 1. The van der Waals surface area contributed by atoms with E-state index >= 15 is 0 Å². The Morgan fingerprint density at radius 3 is 2.25 bits per heavy atom. The summed E-state index contributed by atoms with van der Waals surface area (Å²) in [7, 11) is 0.723. The van der Waals surface area contributed by atoms with Crippen LogP contribution in [0.15, 0.2) is 30.6 Å². The van der Waals surface area contributed by atoms with Gasteiger partial charge in [0.25, 0.3) is 5.91 Å². The van der Waals surface area contributed by atoms with Crippen LogP contribution in [0.4, 0.5) is 39.9 Å². The monoisotopic (exact) mass is 768 g/mol. The van der Waals surface area contributed by atoms with Gasteiger partial charge < -0.3 is 14.2 Å². The van der Waals surface area contributed by atoms with Gasteiger partial charge in [0.1, 0.15) is 16.7 Å². The van der Waals surface area contributed by atoms with E-state index in [-0.39, 0.29) is 58.7 Å². The Balaban J connectivity index is 1.56. The van der Waals surface area contributed by atoms with E-state index in [2.05, 4.69) is 10.2 Å². The van der Waals surface area contributed by atoms with Gasteiger partial charge in [-0.3, -0.25) is 14.5 Å². The Morgan fingerprint density at radius 1 is 1.04 bits per heavy atom. The molecular formula is C31H29ClF8N6O6. The number of halogens is 9. The number of carbonyl (C=O) groups is 3. The molecule has 0 unspecified atom stereocenters. The van der Waals surface area contributed by atoms with Gasteiger partial charge in [-0.25, -0.2) is 14.2 Å². The van der Waals surface area contributed by atoms with Gasteiger partial charge in [0.05, 0.1) is 29.5 Å². The van der Waals surface area contributed by atoms with E-state index < -0.39 is 71.3 Å². The number of ether oxygens (including phenoxy) is 3. The molecule has 2 heterocycles. The molecule has 12 nitrogen and oxygen atoms in total. The number of amides is 1. The van der Waals surface area contributed by atoms with Crippen LogP contribution >= 0.6 is 11.6 Å². The molecule has 0 saturated heterocycles. The first kappa shape index (κ1) is 39.8. The van der Waals surface area contributed by atoms with Crippen LogP contribution in [0.3, 0.4) is 0 Å². The van der Waals surface area contributed by atoms with Crippen molar-refractivity contribution >= 4 is 29.6 Å². The molecule has 52 heavy (non-hydrogen) atoms. The molecule has 0 bridgehead atoms. The Labute approximate surface area is 294 Å². The Hall–Kier alpha value is -4.93. The molecule has 0 N–H and O–H groups in total. The van der Waals surface area contributed by atoms with Gasteiger partial charge in [-0.2, -0.15) is 50.6 Å². The van der Waals surface area contributed by atoms with Crippen molar-refractivity contribution in [2.24, 2.45) is 7.05 Å². The van der Waals surface area contributed by atoms with Gasteiger partial charge in [-0.15, -0.1) is 0 Å². The molecule has 1 fully saturated rings. The maximum atomic E-state index is 14.2. The predicted octanol–water partition coefficient (Wildman–Crippen LogP) is 7.33. The van der Waals surface area contributed by atoms with Gasteiger partial charge in [-0.05, 0) is 57.7 Å². The van der Waals surface area contributed by atoms with Crippen molar-refractivity contribution in [2.45, 2.75) is 75.9 Å². The Kier molecular flexibility index (Phi) is 10.9. The first-order valence-electron chi connectivity index (χ1n) is 15.1. The van der Waals surface area contributed by atoms with E-state index in [0.717, 1.165) is 24.3 Å². The minimum atomic E-state index is -6.40. The Bertz CT molecular complexity index is 1890. The summed E-state index contributed by atoms with van der Waals surface area (Å²) in [6.07, 6.45) is -11.1.